The topological polar surface area (TPSA) is 82.6 Å². The minimum absolute atomic E-state index is 0.0763. The number of carbonyl (C=O) groups excluding carboxylic acids is 1. The van der Waals surface area contributed by atoms with E-state index in [9.17, 15) is 17.6 Å². The summed E-state index contributed by atoms with van der Waals surface area (Å²) in [7, 11) is -4.20. The Kier molecular flexibility index (Phi) is 5.44. The van der Waals surface area contributed by atoms with Gasteiger partial charge in [-0.1, -0.05) is 6.07 Å². The van der Waals surface area contributed by atoms with Crippen LogP contribution in [0.4, 0.5) is 4.39 Å². The second-order valence-corrected chi connectivity index (χ2v) is 10.4. The fraction of sp³-hybridized carbons (Fsp3) is 0.400. The molecule has 0 unspecified atom stereocenters. The zero-order valence-electron chi connectivity index (χ0n) is 17.0. The summed E-state index contributed by atoms with van der Waals surface area (Å²) in [5.74, 6) is -1.11. The molecule has 0 atom stereocenters. The van der Waals surface area contributed by atoms with E-state index in [-0.39, 0.29) is 17.0 Å². The third-order valence-electron chi connectivity index (χ3n) is 5.23. The molecule has 2 heterocycles. The molecule has 1 aliphatic rings. The Hall–Kier alpha value is -2.10. The number of nitrogens with zero attached hydrogens (tertiary/aromatic N) is 1. The number of hydrogen-bond acceptors (Lipinski definition) is 6. The highest BCUT2D eigenvalue weighted by Crippen LogP contribution is 2.36. The van der Waals surface area contributed by atoms with Gasteiger partial charge >= 0.3 is 7.12 Å². The highest BCUT2D eigenvalue weighted by molar-refractivity contribution is 7.89. The van der Waals surface area contributed by atoms with Crippen molar-refractivity contribution in [3.05, 3.63) is 59.2 Å². The molecule has 0 spiro atoms. The van der Waals surface area contributed by atoms with Crippen molar-refractivity contribution >= 4 is 28.2 Å². The molecular weight excluding hydrogens is 396 g/mol. The van der Waals surface area contributed by atoms with Crippen LogP contribution in [0.5, 0.6) is 0 Å². The maximum Gasteiger partial charge on any atom is 0.497 e. The Morgan fingerprint density at radius 1 is 1.10 bits per heavy atom. The van der Waals surface area contributed by atoms with Crippen LogP contribution in [0.2, 0.25) is 0 Å². The van der Waals surface area contributed by atoms with Crippen molar-refractivity contribution < 1.29 is 26.9 Å². The Bertz CT molecular complexity index is 1040. The van der Waals surface area contributed by atoms with Crippen molar-refractivity contribution in [2.24, 2.45) is 0 Å². The van der Waals surface area contributed by atoms with E-state index in [2.05, 4.69) is 4.98 Å². The van der Waals surface area contributed by atoms with E-state index in [1.165, 1.54) is 30.5 Å². The molecule has 0 saturated carbocycles. The minimum atomic E-state index is -3.30. The molecule has 1 aromatic heterocycles. The monoisotopic (exact) mass is 419 g/mol. The van der Waals surface area contributed by atoms with E-state index in [0.29, 0.717) is 11.0 Å². The Morgan fingerprint density at radius 2 is 1.66 bits per heavy atom. The molecular formula is C20H23BFNO5S. The van der Waals surface area contributed by atoms with Gasteiger partial charge in [0.1, 0.15) is 11.5 Å². The average Bonchev–Trinajstić information content (AvgIpc) is 2.81. The molecule has 0 amide bonds. The van der Waals surface area contributed by atoms with Gasteiger partial charge in [0, 0.05) is 23.5 Å². The number of rotatable bonds is 5. The van der Waals surface area contributed by atoms with Crippen LogP contribution in [0.3, 0.4) is 0 Å². The summed E-state index contributed by atoms with van der Waals surface area (Å²) in [6, 6.07) is 6.71. The molecule has 9 heteroatoms. The Labute approximate surface area is 170 Å². The van der Waals surface area contributed by atoms with Crippen LogP contribution in [0.15, 0.2) is 36.5 Å². The maximum atomic E-state index is 13.2. The molecule has 154 valence electrons. The molecule has 3 rings (SSSR count). The maximum absolute atomic E-state index is 13.2. The van der Waals surface area contributed by atoms with Crippen LogP contribution in [0.25, 0.3) is 0 Å². The standard InChI is InChI=1S/C20H23BFNO5S/c1-19(2)20(3,4)28-21(27-19)16-10-13(12-29(5,25)26)11-23-17(16)18(24)14-6-8-15(22)9-7-14/h6-11H,12H2,1-5H3. The van der Waals surface area contributed by atoms with Gasteiger partial charge in [0.25, 0.3) is 0 Å². The van der Waals surface area contributed by atoms with Gasteiger partial charge in [-0.2, -0.15) is 0 Å². The second kappa shape index (κ2) is 7.30. The van der Waals surface area contributed by atoms with Gasteiger partial charge in [-0.25, -0.2) is 12.8 Å². The van der Waals surface area contributed by atoms with Crippen molar-refractivity contribution in [3.8, 4) is 0 Å². The lowest BCUT2D eigenvalue weighted by Crippen LogP contribution is -2.41. The van der Waals surface area contributed by atoms with Gasteiger partial charge in [0.2, 0.25) is 5.78 Å². The zero-order chi connectivity index (χ0) is 21.6. The molecule has 1 aromatic carbocycles. The molecule has 0 radical (unpaired) electrons. The fourth-order valence-electron chi connectivity index (χ4n) is 2.99. The van der Waals surface area contributed by atoms with Gasteiger partial charge in [-0.15, -0.1) is 0 Å². The molecule has 0 aliphatic carbocycles. The van der Waals surface area contributed by atoms with E-state index in [0.717, 1.165) is 6.26 Å². The second-order valence-electron chi connectivity index (χ2n) is 8.28. The first-order valence-corrected chi connectivity index (χ1v) is 11.2. The van der Waals surface area contributed by atoms with Crippen molar-refractivity contribution in [3.63, 3.8) is 0 Å². The number of halogens is 1. The fourth-order valence-corrected chi connectivity index (χ4v) is 3.75. The van der Waals surface area contributed by atoms with Crippen LogP contribution >= 0.6 is 0 Å². The summed E-state index contributed by atoms with van der Waals surface area (Å²) < 4.78 is 48.8. The summed E-state index contributed by atoms with van der Waals surface area (Å²) in [5, 5.41) is 0. The van der Waals surface area contributed by atoms with Gasteiger partial charge < -0.3 is 9.31 Å². The molecule has 2 aromatic rings. The Morgan fingerprint density at radius 3 is 2.17 bits per heavy atom. The van der Waals surface area contributed by atoms with Gasteiger partial charge in [0.05, 0.1) is 17.0 Å². The summed E-state index contributed by atoms with van der Waals surface area (Å²) in [6.45, 7) is 7.51. The third kappa shape index (κ3) is 4.57. The number of carbonyl (C=O) groups is 1. The predicted molar refractivity (Wildman–Crippen MR) is 108 cm³/mol. The first kappa shape index (κ1) is 21.6. The normalized spacial score (nSPS) is 18.1. The van der Waals surface area contributed by atoms with Crippen molar-refractivity contribution in [2.45, 2.75) is 44.6 Å². The summed E-state index contributed by atoms with van der Waals surface area (Å²) in [5.41, 5.74) is -0.201. The molecule has 1 aliphatic heterocycles. The average molecular weight is 419 g/mol. The van der Waals surface area contributed by atoms with Gasteiger partial charge in [-0.3, -0.25) is 9.78 Å². The SMILES string of the molecule is CC1(C)OB(c2cc(CS(C)(=O)=O)cnc2C(=O)c2ccc(F)cc2)OC1(C)C. The first-order valence-electron chi connectivity index (χ1n) is 9.11. The van der Waals surface area contributed by atoms with Crippen LogP contribution in [-0.2, 0) is 24.9 Å². The minimum Gasteiger partial charge on any atom is -0.399 e. The van der Waals surface area contributed by atoms with Crippen LogP contribution in [0.1, 0.15) is 49.3 Å². The lowest BCUT2D eigenvalue weighted by molar-refractivity contribution is 0.00578. The highest BCUT2D eigenvalue weighted by atomic mass is 32.2. The summed E-state index contributed by atoms with van der Waals surface area (Å²) in [4.78, 5) is 17.3. The van der Waals surface area contributed by atoms with E-state index in [4.69, 9.17) is 9.31 Å². The number of benzene rings is 1. The zero-order valence-corrected chi connectivity index (χ0v) is 17.8. The first-order chi connectivity index (χ1) is 13.3. The number of sulfone groups is 1. The quantitative estimate of drug-likeness (QED) is 0.547. The number of pyridine rings is 1. The smallest absolute Gasteiger partial charge is 0.399 e. The number of aromatic nitrogens is 1. The molecule has 6 nitrogen and oxygen atoms in total. The largest absolute Gasteiger partial charge is 0.497 e. The summed E-state index contributed by atoms with van der Waals surface area (Å²) in [6.07, 6.45) is 2.48. The molecule has 29 heavy (non-hydrogen) atoms. The van der Waals surface area contributed by atoms with Crippen LogP contribution in [-0.4, -0.2) is 43.8 Å². The van der Waals surface area contributed by atoms with Gasteiger partial charge in [0.15, 0.2) is 9.84 Å². The van der Waals surface area contributed by atoms with Crippen LogP contribution < -0.4 is 5.46 Å². The Balaban J connectivity index is 2.08. The number of ketones is 1. The van der Waals surface area contributed by atoms with Crippen molar-refractivity contribution in [2.75, 3.05) is 6.26 Å². The predicted octanol–water partition coefficient (Wildman–Crippen LogP) is 2.30. The third-order valence-corrected chi connectivity index (χ3v) is 6.09. The van der Waals surface area contributed by atoms with E-state index < -0.39 is 39.8 Å². The van der Waals surface area contributed by atoms with E-state index in [1.807, 2.05) is 27.7 Å². The van der Waals surface area contributed by atoms with E-state index in [1.54, 1.807) is 6.07 Å². The molecule has 1 saturated heterocycles. The van der Waals surface area contributed by atoms with Gasteiger partial charge in [-0.05, 0) is 57.5 Å². The van der Waals surface area contributed by atoms with E-state index >= 15 is 0 Å². The lowest BCUT2D eigenvalue weighted by atomic mass is 9.76. The molecule has 1 fully saturated rings. The summed E-state index contributed by atoms with van der Waals surface area (Å²) >= 11 is 0. The van der Waals surface area contributed by atoms with Crippen molar-refractivity contribution in [1.29, 1.82) is 0 Å². The van der Waals surface area contributed by atoms with Crippen LogP contribution in [0, 0.1) is 5.82 Å². The lowest BCUT2D eigenvalue weighted by Gasteiger charge is -2.32. The van der Waals surface area contributed by atoms with Crippen molar-refractivity contribution in [1.82, 2.24) is 4.98 Å². The molecule has 0 bridgehead atoms. The molecule has 0 N–H and O–H groups in total. The number of hydrogen-bond donors (Lipinski definition) is 0. The highest BCUT2D eigenvalue weighted by Gasteiger charge is 2.52.